The largest absolute Gasteiger partial charge is 0.481 e. The summed E-state index contributed by atoms with van der Waals surface area (Å²) in [4.78, 5) is 24.7. The monoisotopic (exact) mass is 1070 g/mol. The molecule has 2 N–H and O–H groups in total. The van der Waals surface area contributed by atoms with Gasteiger partial charge in [0.05, 0.1) is 53.1 Å². The molecule has 0 spiro atoms. The molecule has 0 amide bonds. The van der Waals surface area contributed by atoms with Crippen LogP contribution < -0.4 is 0 Å². The normalized spacial score (nSPS) is 15.9. The third-order valence-electron chi connectivity index (χ3n) is 18.5. The van der Waals surface area contributed by atoms with Crippen LogP contribution in [-0.2, 0) is 22.7 Å². The van der Waals surface area contributed by atoms with Crippen molar-refractivity contribution in [1.82, 2.24) is 0 Å². The van der Waals surface area contributed by atoms with Gasteiger partial charge in [-0.05, 0) is 152 Å². The van der Waals surface area contributed by atoms with Crippen molar-refractivity contribution < 1.29 is 28.8 Å². The molecule has 6 aromatic rings. The van der Waals surface area contributed by atoms with Crippen molar-refractivity contribution in [2.75, 3.05) is 41.3 Å². The molecular formula is C73H100N2O4+2. The van der Waals surface area contributed by atoms with Crippen LogP contribution in [0.2, 0.25) is 0 Å². The number of aliphatic carboxylic acids is 2. The topological polar surface area (TPSA) is 74.6 Å². The Morgan fingerprint density at radius 1 is 0.392 bits per heavy atom. The van der Waals surface area contributed by atoms with Gasteiger partial charge in [-0.3, -0.25) is 9.59 Å². The SMILES string of the molecule is CCC(CC(CC(c1ccccc1)C(C)C(C)C(=O)O)c1ccc(C[N+](C)(C)CCCCCC[N+](C)(C)Cc2ccc(C(CC(CC)c3ccccc3)CC(c3ccc(C)cc3)C(C)C(C)C(=O)O)cc2)cc1)c1ccccc1. The predicted octanol–water partition coefficient (Wildman–Crippen LogP) is 17.8. The van der Waals surface area contributed by atoms with Crippen molar-refractivity contribution >= 4 is 11.9 Å². The summed E-state index contributed by atoms with van der Waals surface area (Å²) >= 11 is 0. The minimum Gasteiger partial charge on any atom is -0.481 e. The Labute approximate surface area is 478 Å². The highest BCUT2D eigenvalue weighted by molar-refractivity contribution is 5.70. The molecule has 0 saturated carbocycles. The highest BCUT2D eigenvalue weighted by Gasteiger charge is 2.34. The summed E-state index contributed by atoms with van der Waals surface area (Å²) in [6.45, 7) is 19.0. The standard InChI is InChI=1S/C73H98N2O4/c1-12-60(62-27-19-16-20-28-62)47-68(49-70(54(4)56(6)72(76)77)66-31-23-18-24-32-66)64-41-35-58(36-42-64)51-74(8,9)45-25-14-15-26-46-75(10,11)52-59-37-43-65(44-38-59)69(48-61(13-2)63-29-21-17-22-30-63)50-71(55(5)57(7)73(78)79)67-39-33-53(3)34-40-67/h16-24,27-44,54-57,60-61,68-71H,12-15,25-26,45-52H2,1-11H3/p+2. The number of nitrogens with zero attached hydrogens (tertiary/aromatic N) is 2. The second-order valence-corrected chi connectivity index (χ2v) is 25.4. The fourth-order valence-electron chi connectivity index (χ4n) is 12.9. The van der Waals surface area contributed by atoms with E-state index in [1.807, 2.05) is 13.8 Å². The molecule has 10 atom stereocenters. The van der Waals surface area contributed by atoms with E-state index < -0.39 is 23.8 Å². The summed E-state index contributed by atoms with van der Waals surface area (Å²) in [6, 6.07) is 60.3. The van der Waals surface area contributed by atoms with Crippen molar-refractivity contribution in [3.05, 3.63) is 214 Å². The van der Waals surface area contributed by atoms with E-state index in [-0.39, 0.29) is 35.5 Å². The summed E-state index contributed by atoms with van der Waals surface area (Å²) in [5.41, 5.74) is 11.9. The molecule has 0 bridgehead atoms. The fourth-order valence-corrected chi connectivity index (χ4v) is 12.9. The molecule has 6 nitrogen and oxygen atoms in total. The lowest BCUT2D eigenvalue weighted by Gasteiger charge is -2.33. The van der Waals surface area contributed by atoms with E-state index in [9.17, 15) is 19.8 Å². The molecule has 0 heterocycles. The van der Waals surface area contributed by atoms with E-state index in [1.54, 1.807) is 0 Å². The number of carboxylic acid groups (broad SMARTS) is 2. The quantitative estimate of drug-likeness (QED) is 0.0318. The summed E-state index contributed by atoms with van der Waals surface area (Å²) < 4.78 is 1.90. The highest BCUT2D eigenvalue weighted by atomic mass is 16.4. The second-order valence-electron chi connectivity index (χ2n) is 25.4. The van der Waals surface area contributed by atoms with Crippen LogP contribution >= 0.6 is 0 Å². The lowest BCUT2D eigenvalue weighted by Crippen LogP contribution is -2.40. The molecule has 0 aromatic heterocycles. The van der Waals surface area contributed by atoms with Crippen LogP contribution in [0.3, 0.4) is 0 Å². The number of unbranched alkanes of at least 4 members (excludes halogenated alkanes) is 3. The molecule has 0 saturated heterocycles. The van der Waals surface area contributed by atoms with Gasteiger partial charge in [-0.1, -0.05) is 211 Å². The minimum absolute atomic E-state index is 0.0149. The molecule has 6 aromatic carbocycles. The van der Waals surface area contributed by atoms with Gasteiger partial charge in [0.1, 0.15) is 13.1 Å². The third kappa shape index (κ3) is 18.9. The predicted molar refractivity (Wildman–Crippen MR) is 331 cm³/mol. The van der Waals surface area contributed by atoms with Crippen molar-refractivity contribution in [3.63, 3.8) is 0 Å². The van der Waals surface area contributed by atoms with Gasteiger partial charge in [0.2, 0.25) is 0 Å². The summed E-state index contributed by atoms with van der Waals surface area (Å²) in [6.07, 6.45) is 10.8. The molecule has 0 aliphatic carbocycles. The third-order valence-corrected chi connectivity index (χ3v) is 18.5. The van der Waals surface area contributed by atoms with E-state index in [4.69, 9.17) is 0 Å². The Kier molecular flexibility index (Phi) is 23.8. The van der Waals surface area contributed by atoms with Gasteiger partial charge in [-0.25, -0.2) is 0 Å². The van der Waals surface area contributed by atoms with Crippen LogP contribution in [0, 0.1) is 30.6 Å². The summed E-state index contributed by atoms with van der Waals surface area (Å²) in [5, 5.41) is 20.3. The first-order chi connectivity index (χ1) is 37.8. The smallest absolute Gasteiger partial charge is 0.306 e. The molecule has 10 unspecified atom stereocenters. The zero-order valence-corrected chi connectivity index (χ0v) is 50.4. The molecule has 6 rings (SSSR count). The van der Waals surface area contributed by atoms with Crippen LogP contribution in [0.4, 0.5) is 0 Å². The molecular weight excluding hydrogens is 969 g/mol. The van der Waals surface area contributed by atoms with E-state index in [1.165, 1.54) is 75.8 Å². The molecule has 0 aliphatic rings. The summed E-state index contributed by atoms with van der Waals surface area (Å²) in [7, 11) is 9.50. The molecule has 0 aliphatic heterocycles. The lowest BCUT2D eigenvalue weighted by atomic mass is 9.71. The number of carboxylic acids is 2. The number of hydrogen-bond donors (Lipinski definition) is 2. The average molecular weight is 1070 g/mol. The zero-order valence-electron chi connectivity index (χ0n) is 50.4. The first-order valence-corrected chi connectivity index (χ1v) is 30.3. The Bertz CT molecular complexity index is 2700. The fraction of sp³-hybridized carbons (Fsp3) is 0.479. The van der Waals surface area contributed by atoms with Crippen molar-refractivity contribution in [3.8, 4) is 0 Å². The number of hydrogen-bond acceptors (Lipinski definition) is 2. The van der Waals surface area contributed by atoms with E-state index in [0.29, 0.717) is 11.8 Å². The number of quaternary nitrogens is 2. The maximum absolute atomic E-state index is 12.4. The zero-order chi connectivity index (χ0) is 57.1. The highest BCUT2D eigenvalue weighted by Crippen LogP contribution is 2.45. The summed E-state index contributed by atoms with van der Waals surface area (Å²) in [5.74, 6) is -0.756. The number of carbonyl (C=O) groups is 2. The van der Waals surface area contributed by atoms with Gasteiger partial charge in [0.25, 0.3) is 0 Å². The maximum atomic E-state index is 12.4. The molecule has 6 heteroatoms. The van der Waals surface area contributed by atoms with Crippen LogP contribution in [0.1, 0.15) is 191 Å². The van der Waals surface area contributed by atoms with Crippen LogP contribution in [0.25, 0.3) is 0 Å². The number of rotatable bonds is 33. The average Bonchev–Trinajstić information content (AvgIpc) is 3.45. The Morgan fingerprint density at radius 3 is 1.03 bits per heavy atom. The van der Waals surface area contributed by atoms with Crippen molar-refractivity contribution in [2.24, 2.45) is 23.7 Å². The van der Waals surface area contributed by atoms with E-state index >= 15 is 0 Å². The van der Waals surface area contributed by atoms with Crippen LogP contribution in [0.5, 0.6) is 0 Å². The second kappa shape index (κ2) is 30.1. The van der Waals surface area contributed by atoms with Gasteiger partial charge in [-0.15, -0.1) is 0 Å². The maximum Gasteiger partial charge on any atom is 0.306 e. The first-order valence-electron chi connectivity index (χ1n) is 30.3. The number of benzene rings is 6. The van der Waals surface area contributed by atoms with E-state index in [0.717, 1.165) is 73.7 Å². The minimum atomic E-state index is -0.726. The van der Waals surface area contributed by atoms with Gasteiger partial charge < -0.3 is 19.2 Å². The Morgan fingerprint density at radius 2 is 0.696 bits per heavy atom. The molecule has 0 fully saturated rings. The Hall–Kier alpha value is -5.82. The van der Waals surface area contributed by atoms with Gasteiger partial charge in [0.15, 0.2) is 0 Å². The molecule has 0 radical (unpaired) electrons. The Balaban J connectivity index is 1.05. The molecule has 79 heavy (non-hydrogen) atoms. The van der Waals surface area contributed by atoms with Gasteiger partial charge >= 0.3 is 11.9 Å². The number of aryl methyl sites for hydroxylation is 1. The lowest BCUT2D eigenvalue weighted by molar-refractivity contribution is -0.904. The van der Waals surface area contributed by atoms with Crippen LogP contribution in [-0.4, -0.2) is 72.4 Å². The van der Waals surface area contributed by atoms with Gasteiger partial charge in [-0.2, -0.15) is 0 Å². The van der Waals surface area contributed by atoms with Crippen molar-refractivity contribution in [2.45, 2.75) is 161 Å². The first kappa shape index (κ1) is 62.4. The van der Waals surface area contributed by atoms with Gasteiger partial charge in [0, 0.05) is 11.1 Å². The van der Waals surface area contributed by atoms with Crippen LogP contribution in [0.15, 0.2) is 164 Å². The molecule has 424 valence electrons. The van der Waals surface area contributed by atoms with E-state index in [2.05, 4.69) is 227 Å². The van der Waals surface area contributed by atoms with Crippen molar-refractivity contribution in [1.29, 1.82) is 0 Å².